The predicted octanol–water partition coefficient (Wildman–Crippen LogP) is 5.65. The fourth-order valence-electron chi connectivity index (χ4n) is 5.93. The lowest BCUT2D eigenvalue weighted by atomic mass is 9.85. The lowest BCUT2D eigenvalue weighted by Gasteiger charge is -2.41. The Morgan fingerprint density at radius 3 is 2.23 bits per heavy atom. The van der Waals surface area contributed by atoms with E-state index in [1.165, 1.54) is 12.1 Å². The minimum absolute atomic E-state index is 0.117. The van der Waals surface area contributed by atoms with Crippen molar-refractivity contribution < 1.29 is 19.1 Å². The van der Waals surface area contributed by atoms with Crippen LogP contribution in [0.2, 0.25) is 15.1 Å². The number of anilines is 1. The number of nitrogens with two attached hydrogens (primary N) is 1. The van der Waals surface area contributed by atoms with Crippen molar-refractivity contribution in [1.82, 2.24) is 10.2 Å². The predicted molar refractivity (Wildman–Crippen MR) is 168 cm³/mol. The lowest BCUT2D eigenvalue weighted by molar-refractivity contribution is -0.139. The number of carbonyl (C=O) groups is 2. The Labute approximate surface area is 265 Å². The molecule has 2 aliphatic rings. The van der Waals surface area contributed by atoms with Crippen molar-refractivity contribution >= 4 is 58.0 Å². The minimum atomic E-state index is -1.00. The van der Waals surface area contributed by atoms with Crippen LogP contribution in [-0.4, -0.2) is 53.1 Å². The van der Waals surface area contributed by atoms with E-state index in [0.29, 0.717) is 59.5 Å². The molecule has 5 rings (SSSR count). The first kappa shape index (κ1) is 31.3. The van der Waals surface area contributed by atoms with Gasteiger partial charge in [0, 0.05) is 53.2 Å². The Kier molecular flexibility index (Phi) is 9.63. The van der Waals surface area contributed by atoms with Gasteiger partial charge in [-0.1, -0.05) is 46.9 Å². The van der Waals surface area contributed by atoms with Gasteiger partial charge in [0.05, 0.1) is 17.0 Å². The molecule has 0 aromatic heterocycles. The zero-order valence-corrected chi connectivity index (χ0v) is 25.5. The van der Waals surface area contributed by atoms with Gasteiger partial charge in [0.2, 0.25) is 11.8 Å². The Balaban J connectivity index is 1.40. The number of benzene rings is 3. The summed E-state index contributed by atoms with van der Waals surface area (Å²) in [5, 5.41) is 14.8. The maximum Gasteiger partial charge on any atom is 0.237 e. The molecule has 2 heterocycles. The first-order chi connectivity index (χ1) is 20.6. The number of rotatable bonds is 9. The largest absolute Gasteiger partial charge is 0.396 e. The molecule has 7 nitrogen and oxygen atoms in total. The minimum Gasteiger partial charge on any atom is -0.396 e. The molecule has 2 atom stereocenters. The number of aliphatic hydroxyl groups excluding tert-OH is 1. The van der Waals surface area contributed by atoms with Gasteiger partial charge in [-0.3, -0.25) is 14.9 Å². The molecule has 1 saturated heterocycles. The average molecular weight is 646 g/mol. The van der Waals surface area contributed by atoms with Crippen molar-refractivity contribution in [2.45, 2.75) is 37.4 Å². The highest BCUT2D eigenvalue weighted by atomic mass is 35.5. The van der Waals surface area contributed by atoms with E-state index in [9.17, 15) is 19.1 Å². The monoisotopic (exact) mass is 644 g/mol. The Morgan fingerprint density at radius 1 is 0.977 bits per heavy atom. The summed E-state index contributed by atoms with van der Waals surface area (Å²) in [5.41, 5.74) is 7.90. The summed E-state index contributed by atoms with van der Waals surface area (Å²) in [5.74, 6) is -1.54. The number of likely N-dealkylation sites (tertiary alicyclic amines) is 1. The fraction of sp³-hybridized carbons (Fsp3) is 0.312. The van der Waals surface area contributed by atoms with Crippen molar-refractivity contribution in [3.63, 3.8) is 0 Å². The molecule has 0 saturated carbocycles. The molecule has 2 unspecified atom stereocenters. The summed E-state index contributed by atoms with van der Waals surface area (Å²) < 4.78 is 13.3. The molecule has 3 aromatic carbocycles. The van der Waals surface area contributed by atoms with Gasteiger partial charge in [0.1, 0.15) is 11.4 Å². The second kappa shape index (κ2) is 13.2. The quantitative estimate of drug-likeness (QED) is 0.280. The summed E-state index contributed by atoms with van der Waals surface area (Å²) in [6.45, 7) is 0.827. The summed E-state index contributed by atoms with van der Waals surface area (Å²) >= 11 is 19.0. The van der Waals surface area contributed by atoms with Crippen LogP contribution in [0.5, 0.6) is 0 Å². The van der Waals surface area contributed by atoms with Crippen molar-refractivity contribution in [1.29, 1.82) is 0 Å². The van der Waals surface area contributed by atoms with Gasteiger partial charge >= 0.3 is 0 Å². The number of carbonyl (C=O) groups excluding carboxylic acids is 2. The smallest absolute Gasteiger partial charge is 0.237 e. The van der Waals surface area contributed by atoms with Gasteiger partial charge in [-0.25, -0.2) is 4.39 Å². The zero-order valence-electron chi connectivity index (χ0n) is 23.3. The second-order valence-corrected chi connectivity index (χ2v) is 12.2. The molecule has 0 bridgehead atoms. The number of hydrogen-bond acceptors (Lipinski definition) is 5. The van der Waals surface area contributed by atoms with Crippen LogP contribution in [0.4, 0.5) is 10.1 Å². The molecule has 1 fully saturated rings. The van der Waals surface area contributed by atoms with Crippen LogP contribution in [0.25, 0.3) is 5.70 Å². The highest BCUT2D eigenvalue weighted by Crippen LogP contribution is 2.43. The van der Waals surface area contributed by atoms with Crippen LogP contribution in [-0.2, 0) is 16.1 Å². The maximum absolute atomic E-state index is 14.2. The maximum atomic E-state index is 14.2. The molecule has 11 heteroatoms. The van der Waals surface area contributed by atoms with Gasteiger partial charge in [-0.05, 0) is 85.5 Å². The number of piperidine rings is 1. The van der Waals surface area contributed by atoms with Crippen molar-refractivity contribution in [3.8, 4) is 0 Å². The number of halogens is 4. The molecule has 0 spiro atoms. The third-order valence-electron chi connectivity index (χ3n) is 8.31. The van der Waals surface area contributed by atoms with Crippen LogP contribution in [0.15, 0.2) is 72.8 Å². The first-order valence-electron chi connectivity index (χ1n) is 14.0. The summed E-state index contributed by atoms with van der Waals surface area (Å²) in [4.78, 5) is 30.5. The third kappa shape index (κ3) is 6.69. The van der Waals surface area contributed by atoms with Gasteiger partial charge < -0.3 is 20.6 Å². The number of nitrogens with one attached hydrogen (secondary N) is 1. The second-order valence-electron chi connectivity index (χ2n) is 10.9. The number of aliphatic hydroxyl groups is 1. The number of primary amides is 1. The van der Waals surface area contributed by atoms with Crippen LogP contribution in [0.1, 0.15) is 30.4 Å². The summed E-state index contributed by atoms with van der Waals surface area (Å²) in [7, 11) is 0. The fourth-order valence-corrected chi connectivity index (χ4v) is 6.56. The van der Waals surface area contributed by atoms with Crippen molar-refractivity contribution in [2.24, 2.45) is 11.7 Å². The Bertz CT molecular complexity index is 1510. The highest BCUT2D eigenvalue weighted by molar-refractivity contribution is 6.36. The molecule has 4 N–H and O–H groups in total. The normalized spacial score (nSPS) is 19.8. The highest BCUT2D eigenvalue weighted by Gasteiger charge is 2.45. The van der Waals surface area contributed by atoms with E-state index in [2.05, 4.69) is 5.32 Å². The lowest BCUT2D eigenvalue weighted by Crippen LogP contribution is -2.61. The molecule has 0 radical (unpaired) electrons. The molecule has 3 aromatic rings. The molecular weight excluding hydrogens is 614 g/mol. The van der Waals surface area contributed by atoms with Crippen LogP contribution >= 0.6 is 34.8 Å². The van der Waals surface area contributed by atoms with Crippen molar-refractivity contribution in [3.05, 3.63) is 105 Å². The van der Waals surface area contributed by atoms with E-state index in [4.69, 9.17) is 40.5 Å². The molecule has 43 heavy (non-hydrogen) atoms. The van der Waals surface area contributed by atoms with Crippen LogP contribution < -0.4 is 16.0 Å². The van der Waals surface area contributed by atoms with Gasteiger partial charge in [-0.15, -0.1) is 0 Å². The van der Waals surface area contributed by atoms with Crippen molar-refractivity contribution in [2.75, 3.05) is 24.6 Å². The average Bonchev–Trinajstić information content (AvgIpc) is 3.36. The molecular formula is C32H32Cl3FN4O3. The van der Waals surface area contributed by atoms with E-state index >= 15 is 0 Å². The van der Waals surface area contributed by atoms with E-state index in [1.54, 1.807) is 41.3 Å². The molecule has 2 amide bonds. The van der Waals surface area contributed by atoms with Crippen LogP contribution in [0, 0.1) is 11.7 Å². The Hall–Kier alpha value is -3.14. The zero-order chi connectivity index (χ0) is 30.7. The first-order valence-corrected chi connectivity index (χ1v) is 15.2. The molecule has 0 aliphatic carbocycles. The summed E-state index contributed by atoms with van der Waals surface area (Å²) in [6.07, 6.45) is 2.87. The summed E-state index contributed by atoms with van der Waals surface area (Å²) in [6, 6.07) is 18.1. The van der Waals surface area contributed by atoms with E-state index in [0.717, 1.165) is 16.9 Å². The van der Waals surface area contributed by atoms with Crippen LogP contribution in [0.3, 0.4) is 0 Å². The SMILES string of the molecule is NC(=O)C1(NCc2ccc(F)cc2)CCN(C(=O)C2C=C(c3ccc(Cl)cc3Cl)N(c3ccc(Cl)cc3)C2CCO)CC1. The van der Waals surface area contributed by atoms with E-state index < -0.39 is 23.4 Å². The standard InChI is InChI=1S/C32H32Cl3FN4O3/c33-21-3-8-24(9-4-21)40-28(11-16-41)26(18-29(40)25-10-5-22(34)17-27(25)35)30(42)39-14-12-32(13-15-39,31(37)43)38-19-20-1-6-23(36)7-2-20/h1-10,17-18,26,28,38,41H,11-16,19H2,(H2,37,43). The molecule has 226 valence electrons. The van der Waals surface area contributed by atoms with Gasteiger partial charge in [-0.2, -0.15) is 0 Å². The van der Waals surface area contributed by atoms with Gasteiger partial charge in [0.15, 0.2) is 0 Å². The van der Waals surface area contributed by atoms with E-state index in [-0.39, 0.29) is 18.3 Å². The Morgan fingerprint density at radius 2 is 1.63 bits per heavy atom. The molecule has 2 aliphatic heterocycles. The number of nitrogens with zero attached hydrogens (tertiary/aromatic N) is 2. The topological polar surface area (TPSA) is 98.9 Å². The van der Waals surface area contributed by atoms with Gasteiger partial charge in [0.25, 0.3) is 0 Å². The van der Waals surface area contributed by atoms with E-state index in [1.807, 2.05) is 29.2 Å². The number of hydrogen-bond donors (Lipinski definition) is 3. The third-order valence-corrected chi connectivity index (χ3v) is 9.11. The number of amides is 2.